The Morgan fingerprint density at radius 2 is 1.69 bits per heavy atom. The van der Waals surface area contributed by atoms with Gasteiger partial charge in [0.1, 0.15) is 5.82 Å². The van der Waals surface area contributed by atoms with E-state index < -0.39 is 10.0 Å². The molecule has 1 aromatic heterocycles. The highest BCUT2D eigenvalue weighted by Crippen LogP contribution is 2.26. The number of piperidine rings is 1. The van der Waals surface area contributed by atoms with Gasteiger partial charge in [-0.2, -0.15) is 0 Å². The zero-order chi connectivity index (χ0) is 18.1. The molecule has 0 radical (unpaired) electrons. The Morgan fingerprint density at radius 3 is 2.46 bits per heavy atom. The van der Waals surface area contributed by atoms with E-state index in [4.69, 9.17) is 10.1 Å². The molecule has 0 bridgehead atoms. The summed E-state index contributed by atoms with van der Waals surface area (Å²) in [6, 6.07) is 12.4. The Morgan fingerprint density at radius 1 is 0.923 bits per heavy atom. The number of primary sulfonamides is 1. The topological polar surface area (TPSA) is 89.2 Å². The number of aromatic nitrogens is 2. The molecule has 1 saturated heterocycles. The van der Waals surface area contributed by atoms with Crippen LogP contribution in [-0.4, -0.2) is 31.5 Å². The molecule has 0 spiro atoms. The van der Waals surface area contributed by atoms with Crippen LogP contribution in [0.15, 0.2) is 53.6 Å². The van der Waals surface area contributed by atoms with Crippen molar-refractivity contribution < 1.29 is 8.42 Å². The number of anilines is 1. The highest BCUT2D eigenvalue weighted by molar-refractivity contribution is 7.89. The molecule has 6 nitrogen and oxygen atoms in total. The molecule has 2 aromatic carbocycles. The van der Waals surface area contributed by atoms with E-state index >= 15 is 0 Å². The zero-order valence-electron chi connectivity index (χ0n) is 14.3. The van der Waals surface area contributed by atoms with Gasteiger partial charge in [0.05, 0.1) is 22.1 Å². The standard InChI is InChI=1S/C19H20N4O2S/c20-26(24,25)16-6-4-5-14(11-16)15-7-8-17-18(12-15)22-19(13-21-17)23-9-2-1-3-10-23/h4-8,11-13H,1-3,9-10H2,(H2,20,24,25). The van der Waals surface area contributed by atoms with Crippen molar-refractivity contribution >= 4 is 26.9 Å². The minimum absolute atomic E-state index is 0.100. The predicted molar refractivity (Wildman–Crippen MR) is 102 cm³/mol. The second-order valence-corrected chi connectivity index (χ2v) is 8.11. The van der Waals surface area contributed by atoms with E-state index in [0.29, 0.717) is 0 Å². The fourth-order valence-corrected chi connectivity index (χ4v) is 3.87. The first-order chi connectivity index (χ1) is 12.5. The van der Waals surface area contributed by atoms with Crippen LogP contribution in [0.25, 0.3) is 22.2 Å². The van der Waals surface area contributed by atoms with E-state index in [1.54, 1.807) is 12.1 Å². The van der Waals surface area contributed by atoms with Crippen molar-refractivity contribution in [3.63, 3.8) is 0 Å². The molecule has 0 unspecified atom stereocenters. The van der Waals surface area contributed by atoms with Gasteiger partial charge in [-0.15, -0.1) is 0 Å². The number of hydrogen-bond donors (Lipinski definition) is 1. The molecule has 0 saturated carbocycles. The second-order valence-electron chi connectivity index (χ2n) is 6.55. The number of fused-ring (bicyclic) bond motifs is 1. The van der Waals surface area contributed by atoms with Crippen molar-refractivity contribution in [3.8, 4) is 11.1 Å². The Labute approximate surface area is 152 Å². The number of nitrogens with zero attached hydrogens (tertiary/aromatic N) is 3. The van der Waals surface area contributed by atoms with Gasteiger partial charge >= 0.3 is 0 Å². The third-order valence-electron chi connectivity index (χ3n) is 4.71. The maximum Gasteiger partial charge on any atom is 0.238 e. The lowest BCUT2D eigenvalue weighted by Gasteiger charge is -2.27. The van der Waals surface area contributed by atoms with Gasteiger partial charge in [0.15, 0.2) is 0 Å². The van der Waals surface area contributed by atoms with Crippen molar-refractivity contribution in [2.24, 2.45) is 5.14 Å². The Bertz CT molecular complexity index is 1060. The van der Waals surface area contributed by atoms with E-state index in [-0.39, 0.29) is 4.90 Å². The SMILES string of the molecule is NS(=O)(=O)c1cccc(-c2ccc3ncc(N4CCCCC4)nc3c2)c1. The molecule has 2 N–H and O–H groups in total. The quantitative estimate of drug-likeness (QED) is 0.768. The zero-order valence-corrected chi connectivity index (χ0v) is 15.1. The second kappa shape index (κ2) is 6.66. The molecule has 3 aromatic rings. The minimum atomic E-state index is -3.73. The summed E-state index contributed by atoms with van der Waals surface area (Å²) in [5, 5.41) is 5.24. The third-order valence-corrected chi connectivity index (χ3v) is 5.62. The summed E-state index contributed by atoms with van der Waals surface area (Å²) in [5.41, 5.74) is 3.28. The van der Waals surface area contributed by atoms with Crippen molar-refractivity contribution in [2.45, 2.75) is 24.2 Å². The number of benzene rings is 2. The summed E-state index contributed by atoms with van der Waals surface area (Å²) in [4.78, 5) is 11.7. The van der Waals surface area contributed by atoms with Crippen LogP contribution < -0.4 is 10.0 Å². The molecule has 4 rings (SSSR count). The van der Waals surface area contributed by atoms with Crippen LogP contribution in [0.3, 0.4) is 0 Å². The molecule has 7 heteroatoms. The van der Waals surface area contributed by atoms with Crippen molar-refractivity contribution in [1.82, 2.24) is 9.97 Å². The predicted octanol–water partition coefficient (Wildman–Crippen LogP) is 2.93. The highest BCUT2D eigenvalue weighted by Gasteiger charge is 2.14. The van der Waals surface area contributed by atoms with Crippen molar-refractivity contribution in [2.75, 3.05) is 18.0 Å². The fourth-order valence-electron chi connectivity index (χ4n) is 3.31. The first kappa shape index (κ1) is 16.9. The molecular formula is C19H20N4O2S. The van der Waals surface area contributed by atoms with E-state index in [1.165, 1.54) is 25.3 Å². The summed E-state index contributed by atoms with van der Waals surface area (Å²) in [6.07, 6.45) is 5.46. The van der Waals surface area contributed by atoms with Crippen LogP contribution in [0.2, 0.25) is 0 Å². The van der Waals surface area contributed by atoms with E-state index in [0.717, 1.165) is 41.1 Å². The van der Waals surface area contributed by atoms with Crippen LogP contribution in [0.1, 0.15) is 19.3 Å². The van der Waals surface area contributed by atoms with Crippen LogP contribution in [0.4, 0.5) is 5.82 Å². The van der Waals surface area contributed by atoms with Gasteiger partial charge in [0, 0.05) is 13.1 Å². The number of nitrogens with two attached hydrogens (primary N) is 1. The molecule has 26 heavy (non-hydrogen) atoms. The lowest BCUT2D eigenvalue weighted by atomic mass is 10.1. The van der Waals surface area contributed by atoms with Gasteiger partial charge in [0.25, 0.3) is 0 Å². The van der Waals surface area contributed by atoms with E-state index in [9.17, 15) is 8.42 Å². The smallest absolute Gasteiger partial charge is 0.238 e. The third kappa shape index (κ3) is 3.40. The molecular weight excluding hydrogens is 348 g/mol. The Hall–Kier alpha value is -2.51. The van der Waals surface area contributed by atoms with E-state index in [1.807, 2.05) is 30.5 Å². The highest BCUT2D eigenvalue weighted by atomic mass is 32.2. The van der Waals surface area contributed by atoms with Crippen molar-refractivity contribution in [1.29, 1.82) is 0 Å². The number of hydrogen-bond acceptors (Lipinski definition) is 5. The van der Waals surface area contributed by atoms with Crippen LogP contribution >= 0.6 is 0 Å². The molecule has 1 aliphatic rings. The first-order valence-electron chi connectivity index (χ1n) is 8.66. The average Bonchev–Trinajstić information content (AvgIpc) is 2.67. The fraction of sp³-hybridized carbons (Fsp3) is 0.263. The van der Waals surface area contributed by atoms with Gasteiger partial charge in [-0.1, -0.05) is 18.2 Å². The molecule has 2 heterocycles. The van der Waals surface area contributed by atoms with E-state index in [2.05, 4.69) is 9.88 Å². The monoisotopic (exact) mass is 368 g/mol. The van der Waals surface area contributed by atoms with Gasteiger partial charge < -0.3 is 4.90 Å². The van der Waals surface area contributed by atoms with Crippen LogP contribution in [0.5, 0.6) is 0 Å². The van der Waals surface area contributed by atoms with Crippen LogP contribution in [-0.2, 0) is 10.0 Å². The molecule has 134 valence electrons. The lowest BCUT2D eigenvalue weighted by Crippen LogP contribution is -2.30. The summed E-state index contributed by atoms with van der Waals surface area (Å²) in [6.45, 7) is 2.02. The average molecular weight is 368 g/mol. The van der Waals surface area contributed by atoms with Crippen LogP contribution in [0, 0.1) is 0 Å². The molecule has 1 fully saturated rings. The number of sulfonamides is 1. The largest absolute Gasteiger partial charge is 0.355 e. The normalized spacial score (nSPS) is 15.3. The summed E-state index contributed by atoms with van der Waals surface area (Å²) in [5.74, 6) is 0.896. The molecule has 0 aliphatic carbocycles. The Kier molecular flexibility index (Phi) is 4.34. The Balaban J connectivity index is 1.75. The van der Waals surface area contributed by atoms with Crippen molar-refractivity contribution in [3.05, 3.63) is 48.7 Å². The summed E-state index contributed by atoms with van der Waals surface area (Å²) < 4.78 is 23.2. The molecule has 0 atom stereocenters. The van der Waals surface area contributed by atoms with Gasteiger partial charge in [-0.05, 0) is 54.7 Å². The summed E-state index contributed by atoms with van der Waals surface area (Å²) in [7, 11) is -3.73. The minimum Gasteiger partial charge on any atom is -0.355 e. The van der Waals surface area contributed by atoms with Gasteiger partial charge in [-0.25, -0.2) is 18.5 Å². The van der Waals surface area contributed by atoms with Gasteiger partial charge in [-0.3, -0.25) is 4.98 Å². The molecule has 1 aliphatic heterocycles. The number of rotatable bonds is 3. The lowest BCUT2D eigenvalue weighted by molar-refractivity contribution is 0.573. The maximum atomic E-state index is 11.6. The summed E-state index contributed by atoms with van der Waals surface area (Å²) >= 11 is 0. The maximum absolute atomic E-state index is 11.6. The van der Waals surface area contributed by atoms with Gasteiger partial charge in [0.2, 0.25) is 10.0 Å². The molecule has 0 amide bonds. The first-order valence-corrected chi connectivity index (χ1v) is 10.2.